The van der Waals surface area contributed by atoms with Gasteiger partial charge >= 0.3 is 0 Å². The second-order valence-electron chi connectivity index (χ2n) is 3.00. The summed E-state index contributed by atoms with van der Waals surface area (Å²) in [4.78, 5) is 15.3. The van der Waals surface area contributed by atoms with E-state index >= 15 is 0 Å². The monoisotopic (exact) mass is 210 g/mol. The molecule has 0 bridgehead atoms. The Morgan fingerprint density at radius 2 is 2.43 bits per heavy atom. The number of aromatic nitrogens is 1. The van der Waals surface area contributed by atoms with Gasteiger partial charge < -0.3 is 5.32 Å². The molecule has 74 valence electrons. The lowest BCUT2D eigenvalue weighted by Gasteiger charge is -2.05. The van der Waals surface area contributed by atoms with Crippen LogP contribution >= 0.6 is 11.6 Å². The van der Waals surface area contributed by atoms with Gasteiger partial charge in [-0.05, 0) is 13.0 Å². The highest BCUT2D eigenvalue weighted by molar-refractivity contribution is 6.33. The highest BCUT2D eigenvalue weighted by Gasteiger charge is 2.08. The van der Waals surface area contributed by atoms with E-state index in [4.69, 9.17) is 11.6 Å². The number of pyridine rings is 1. The SMILES string of the molecule is C=C(C)CNC(=O)c1cnccc1Cl. The van der Waals surface area contributed by atoms with Gasteiger partial charge in [-0.2, -0.15) is 0 Å². The minimum atomic E-state index is -0.230. The average Bonchev–Trinajstić information content (AvgIpc) is 2.15. The molecule has 0 spiro atoms. The minimum absolute atomic E-state index is 0.230. The van der Waals surface area contributed by atoms with E-state index in [1.807, 2.05) is 6.92 Å². The molecule has 1 amide bonds. The Balaban J connectivity index is 2.70. The van der Waals surface area contributed by atoms with Crippen LogP contribution in [0, 0.1) is 0 Å². The molecule has 1 aromatic rings. The molecule has 0 saturated carbocycles. The number of hydrogen-bond acceptors (Lipinski definition) is 2. The molecule has 0 aliphatic rings. The third-order valence-corrected chi connectivity index (χ3v) is 1.89. The van der Waals surface area contributed by atoms with E-state index in [1.54, 1.807) is 6.07 Å². The lowest BCUT2D eigenvalue weighted by molar-refractivity contribution is 0.0957. The van der Waals surface area contributed by atoms with Gasteiger partial charge in [0.25, 0.3) is 5.91 Å². The van der Waals surface area contributed by atoms with Crippen molar-refractivity contribution in [3.63, 3.8) is 0 Å². The van der Waals surface area contributed by atoms with E-state index in [1.165, 1.54) is 12.4 Å². The maximum absolute atomic E-state index is 11.5. The molecule has 0 radical (unpaired) electrons. The molecule has 0 unspecified atom stereocenters. The molecule has 1 rings (SSSR count). The molecule has 1 heterocycles. The maximum Gasteiger partial charge on any atom is 0.254 e. The number of rotatable bonds is 3. The second-order valence-corrected chi connectivity index (χ2v) is 3.40. The molecule has 0 aliphatic heterocycles. The van der Waals surface area contributed by atoms with Gasteiger partial charge in [-0.3, -0.25) is 9.78 Å². The summed E-state index contributed by atoms with van der Waals surface area (Å²) in [5, 5.41) is 3.08. The van der Waals surface area contributed by atoms with Crippen LogP contribution < -0.4 is 5.32 Å². The van der Waals surface area contributed by atoms with Crippen molar-refractivity contribution in [3.8, 4) is 0 Å². The van der Waals surface area contributed by atoms with Crippen molar-refractivity contribution in [3.05, 3.63) is 41.2 Å². The van der Waals surface area contributed by atoms with Crippen molar-refractivity contribution in [2.24, 2.45) is 0 Å². The first-order valence-electron chi connectivity index (χ1n) is 4.13. The molecule has 0 fully saturated rings. The second kappa shape index (κ2) is 4.77. The van der Waals surface area contributed by atoms with Gasteiger partial charge in [-0.1, -0.05) is 23.8 Å². The van der Waals surface area contributed by atoms with Gasteiger partial charge in [0.1, 0.15) is 0 Å². The van der Waals surface area contributed by atoms with Crippen LogP contribution in [0.1, 0.15) is 17.3 Å². The third-order valence-electron chi connectivity index (χ3n) is 1.56. The first-order chi connectivity index (χ1) is 6.61. The summed E-state index contributed by atoms with van der Waals surface area (Å²) in [5.74, 6) is -0.230. The Morgan fingerprint density at radius 1 is 1.71 bits per heavy atom. The van der Waals surface area contributed by atoms with Crippen LogP contribution in [0.3, 0.4) is 0 Å². The first kappa shape index (κ1) is 10.7. The zero-order valence-corrected chi connectivity index (χ0v) is 8.64. The van der Waals surface area contributed by atoms with Crippen LogP contribution in [0.2, 0.25) is 5.02 Å². The molecule has 0 aliphatic carbocycles. The molecule has 14 heavy (non-hydrogen) atoms. The van der Waals surface area contributed by atoms with Gasteiger partial charge in [0.2, 0.25) is 0 Å². The highest BCUT2D eigenvalue weighted by Crippen LogP contribution is 2.12. The van der Waals surface area contributed by atoms with Gasteiger partial charge in [-0.15, -0.1) is 0 Å². The quantitative estimate of drug-likeness (QED) is 0.776. The topological polar surface area (TPSA) is 42.0 Å². The van der Waals surface area contributed by atoms with Crippen molar-refractivity contribution in [1.29, 1.82) is 0 Å². The van der Waals surface area contributed by atoms with Crippen molar-refractivity contribution >= 4 is 17.5 Å². The summed E-state index contributed by atoms with van der Waals surface area (Å²) in [6.07, 6.45) is 2.98. The standard InChI is InChI=1S/C10H11ClN2O/c1-7(2)5-13-10(14)8-6-12-4-3-9(8)11/h3-4,6H,1,5H2,2H3,(H,13,14). The summed E-state index contributed by atoms with van der Waals surface area (Å²) in [7, 11) is 0. The minimum Gasteiger partial charge on any atom is -0.348 e. The number of carbonyl (C=O) groups excluding carboxylic acids is 1. The van der Waals surface area contributed by atoms with Crippen LogP contribution in [-0.4, -0.2) is 17.4 Å². The van der Waals surface area contributed by atoms with Gasteiger partial charge in [0.05, 0.1) is 10.6 Å². The number of nitrogens with zero attached hydrogens (tertiary/aromatic N) is 1. The van der Waals surface area contributed by atoms with E-state index in [-0.39, 0.29) is 5.91 Å². The fourth-order valence-corrected chi connectivity index (χ4v) is 1.06. The first-order valence-corrected chi connectivity index (χ1v) is 4.51. The lowest BCUT2D eigenvalue weighted by atomic mass is 10.2. The summed E-state index contributed by atoms with van der Waals surface area (Å²) < 4.78 is 0. The molecule has 0 aromatic carbocycles. The molecular weight excluding hydrogens is 200 g/mol. The van der Waals surface area contributed by atoms with Crippen LogP contribution in [0.25, 0.3) is 0 Å². The summed E-state index contributed by atoms with van der Waals surface area (Å²) in [5.41, 5.74) is 1.27. The molecule has 0 atom stereocenters. The Morgan fingerprint density at radius 3 is 3.00 bits per heavy atom. The number of amides is 1. The van der Waals surface area contributed by atoms with Crippen molar-refractivity contribution < 1.29 is 4.79 Å². The predicted octanol–water partition coefficient (Wildman–Crippen LogP) is 2.04. The number of nitrogens with one attached hydrogen (secondary N) is 1. The molecule has 3 nitrogen and oxygen atoms in total. The average molecular weight is 211 g/mol. The number of hydrogen-bond donors (Lipinski definition) is 1. The van der Waals surface area contributed by atoms with Crippen molar-refractivity contribution in [1.82, 2.24) is 10.3 Å². The predicted molar refractivity (Wildman–Crippen MR) is 56.4 cm³/mol. The molecular formula is C10H11ClN2O. The number of halogens is 1. The molecule has 1 aromatic heterocycles. The van der Waals surface area contributed by atoms with Gasteiger partial charge in [0, 0.05) is 18.9 Å². The largest absolute Gasteiger partial charge is 0.348 e. The smallest absolute Gasteiger partial charge is 0.254 e. The van der Waals surface area contributed by atoms with Crippen LogP contribution in [-0.2, 0) is 0 Å². The number of carbonyl (C=O) groups is 1. The highest BCUT2D eigenvalue weighted by atomic mass is 35.5. The third kappa shape index (κ3) is 2.85. The van der Waals surface area contributed by atoms with Crippen molar-refractivity contribution in [2.45, 2.75) is 6.92 Å². The summed E-state index contributed by atoms with van der Waals surface area (Å²) >= 11 is 5.81. The van der Waals surface area contributed by atoms with Crippen LogP contribution in [0.5, 0.6) is 0 Å². The molecule has 0 saturated heterocycles. The fourth-order valence-electron chi connectivity index (χ4n) is 0.871. The normalized spacial score (nSPS) is 9.57. The lowest BCUT2D eigenvalue weighted by Crippen LogP contribution is -2.25. The Bertz CT molecular complexity index is 363. The van der Waals surface area contributed by atoms with Crippen molar-refractivity contribution in [2.75, 3.05) is 6.54 Å². The van der Waals surface area contributed by atoms with Gasteiger partial charge in [-0.25, -0.2) is 0 Å². The summed E-state index contributed by atoms with van der Waals surface area (Å²) in [6.45, 7) is 5.97. The fraction of sp³-hybridized carbons (Fsp3) is 0.200. The summed E-state index contributed by atoms with van der Waals surface area (Å²) in [6, 6.07) is 1.58. The van der Waals surface area contributed by atoms with E-state index in [0.717, 1.165) is 5.57 Å². The Hall–Kier alpha value is -1.35. The van der Waals surface area contributed by atoms with Crippen LogP contribution in [0.15, 0.2) is 30.6 Å². The van der Waals surface area contributed by atoms with Crippen LogP contribution in [0.4, 0.5) is 0 Å². The van der Waals surface area contributed by atoms with E-state index in [2.05, 4.69) is 16.9 Å². The van der Waals surface area contributed by atoms with Gasteiger partial charge in [0.15, 0.2) is 0 Å². The zero-order chi connectivity index (χ0) is 10.6. The van der Waals surface area contributed by atoms with E-state index < -0.39 is 0 Å². The van der Waals surface area contributed by atoms with E-state index in [9.17, 15) is 4.79 Å². The Labute approximate surface area is 87.8 Å². The molecule has 4 heteroatoms. The zero-order valence-electron chi connectivity index (χ0n) is 7.88. The molecule has 1 N–H and O–H groups in total. The maximum atomic E-state index is 11.5. The Kier molecular flexibility index (Phi) is 3.65. The van der Waals surface area contributed by atoms with E-state index in [0.29, 0.717) is 17.1 Å².